The van der Waals surface area contributed by atoms with Gasteiger partial charge in [0, 0.05) is 24.9 Å². The largest absolute Gasteiger partial charge is 0.480 e. The zero-order chi connectivity index (χ0) is 21.7. The highest BCUT2D eigenvalue weighted by Crippen LogP contribution is 2.18. The third-order valence-electron chi connectivity index (χ3n) is 5.54. The Hall–Kier alpha value is -2.95. The molecule has 1 aromatic rings. The molecule has 11 nitrogen and oxygen atoms in total. The van der Waals surface area contributed by atoms with E-state index in [0.29, 0.717) is 31.5 Å². The number of nitrogens with one attached hydrogen (secondary N) is 4. The third-order valence-corrected chi connectivity index (χ3v) is 5.54. The fourth-order valence-corrected chi connectivity index (χ4v) is 3.92. The quantitative estimate of drug-likeness (QED) is 0.352. The molecule has 0 bridgehead atoms. The highest BCUT2D eigenvalue weighted by atomic mass is 16.4. The van der Waals surface area contributed by atoms with E-state index in [1.54, 1.807) is 6.20 Å². The number of carboxylic acid groups (broad SMARTS) is 1. The van der Waals surface area contributed by atoms with Crippen molar-refractivity contribution in [2.45, 2.75) is 63.2 Å². The summed E-state index contributed by atoms with van der Waals surface area (Å²) in [6, 6.07) is -3.03. The molecule has 0 aromatic carbocycles. The van der Waals surface area contributed by atoms with Crippen LogP contribution in [0.1, 0.15) is 38.3 Å². The number of aromatic nitrogens is 2. The molecule has 11 heteroatoms. The number of aromatic amines is 1. The van der Waals surface area contributed by atoms with E-state index in [2.05, 4.69) is 25.9 Å². The molecular formula is C19H28N6O5. The Morgan fingerprint density at radius 2 is 2.07 bits per heavy atom. The summed E-state index contributed by atoms with van der Waals surface area (Å²) in [6.07, 6.45) is 5.83. The van der Waals surface area contributed by atoms with Crippen molar-refractivity contribution in [1.82, 2.24) is 30.8 Å². The van der Waals surface area contributed by atoms with Crippen molar-refractivity contribution in [3.8, 4) is 0 Å². The summed E-state index contributed by atoms with van der Waals surface area (Å²) in [6.45, 7) is 2.62. The summed E-state index contributed by atoms with van der Waals surface area (Å²) in [5.41, 5.74) is 0.666. The Labute approximate surface area is 174 Å². The van der Waals surface area contributed by atoms with Gasteiger partial charge < -0.3 is 30.9 Å². The fraction of sp³-hybridized carbons (Fsp3) is 0.632. The van der Waals surface area contributed by atoms with Crippen molar-refractivity contribution >= 4 is 23.7 Å². The number of amides is 3. The molecule has 1 aromatic heterocycles. The average molecular weight is 420 g/mol. The first kappa shape index (κ1) is 21.8. The number of H-pyrrole nitrogens is 1. The summed E-state index contributed by atoms with van der Waals surface area (Å²) in [4.78, 5) is 57.6. The fourth-order valence-electron chi connectivity index (χ4n) is 3.92. The van der Waals surface area contributed by atoms with E-state index in [4.69, 9.17) is 0 Å². The molecule has 2 aliphatic heterocycles. The summed E-state index contributed by atoms with van der Waals surface area (Å²) in [5.74, 6) is -2.27. The number of likely N-dealkylation sites (tertiary alicyclic amines) is 1. The molecule has 2 fully saturated rings. The van der Waals surface area contributed by atoms with Gasteiger partial charge in [0.25, 0.3) is 0 Å². The second-order valence-corrected chi connectivity index (χ2v) is 7.75. The maximum Gasteiger partial charge on any atom is 0.326 e. The maximum absolute atomic E-state index is 12.9. The number of aliphatic carboxylic acids is 1. The van der Waals surface area contributed by atoms with E-state index in [0.717, 1.165) is 13.0 Å². The van der Waals surface area contributed by atoms with Crippen LogP contribution in [0.5, 0.6) is 0 Å². The zero-order valence-electron chi connectivity index (χ0n) is 16.9. The Balaban J connectivity index is 1.64. The molecule has 4 atom stereocenters. The molecule has 0 saturated carbocycles. The Kier molecular flexibility index (Phi) is 7.03. The SMILES string of the molecule is CC(NC(=O)C(Cc1cnc[nH]1)NC(=O)C1CCCN1)C(=O)N1CCCC1C(=O)O. The molecule has 4 unspecified atom stereocenters. The van der Waals surface area contributed by atoms with Gasteiger partial charge in [-0.15, -0.1) is 0 Å². The Bertz CT molecular complexity index is 776. The zero-order valence-corrected chi connectivity index (χ0v) is 16.9. The van der Waals surface area contributed by atoms with Crippen LogP contribution in [0.25, 0.3) is 0 Å². The van der Waals surface area contributed by atoms with Crippen LogP contribution in [0.15, 0.2) is 12.5 Å². The lowest BCUT2D eigenvalue weighted by atomic mass is 10.1. The molecule has 5 N–H and O–H groups in total. The number of nitrogens with zero attached hydrogens (tertiary/aromatic N) is 2. The lowest BCUT2D eigenvalue weighted by molar-refractivity contribution is -0.149. The van der Waals surface area contributed by atoms with Crippen LogP contribution in [0.2, 0.25) is 0 Å². The number of imidazole rings is 1. The van der Waals surface area contributed by atoms with Gasteiger partial charge in [0.05, 0.1) is 12.4 Å². The van der Waals surface area contributed by atoms with Crippen molar-refractivity contribution in [3.63, 3.8) is 0 Å². The molecule has 0 radical (unpaired) electrons. The van der Waals surface area contributed by atoms with Crippen molar-refractivity contribution in [3.05, 3.63) is 18.2 Å². The molecule has 164 valence electrons. The topological polar surface area (TPSA) is 157 Å². The molecular weight excluding hydrogens is 392 g/mol. The minimum Gasteiger partial charge on any atom is -0.480 e. The van der Waals surface area contributed by atoms with E-state index in [1.807, 2.05) is 0 Å². The number of hydrogen-bond donors (Lipinski definition) is 5. The van der Waals surface area contributed by atoms with Gasteiger partial charge in [-0.3, -0.25) is 14.4 Å². The predicted octanol–water partition coefficient (Wildman–Crippen LogP) is -1.23. The average Bonchev–Trinajstić information content (AvgIpc) is 3.48. The maximum atomic E-state index is 12.9. The summed E-state index contributed by atoms with van der Waals surface area (Å²) in [7, 11) is 0. The minimum absolute atomic E-state index is 0.187. The van der Waals surface area contributed by atoms with E-state index in [9.17, 15) is 24.3 Å². The summed E-state index contributed by atoms with van der Waals surface area (Å²) >= 11 is 0. The molecule has 30 heavy (non-hydrogen) atoms. The monoisotopic (exact) mass is 420 g/mol. The first-order valence-corrected chi connectivity index (χ1v) is 10.2. The predicted molar refractivity (Wildman–Crippen MR) is 105 cm³/mol. The number of hydrogen-bond acceptors (Lipinski definition) is 6. The number of rotatable bonds is 8. The number of carbonyl (C=O) groups is 4. The summed E-state index contributed by atoms with van der Waals surface area (Å²) < 4.78 is 0. The second kappa shape index (κ2) is 9.70. The third kappa shape index (κ3) is 5.15. The van der Waals surface area contributed by atoms with E-state index >= 15 is 0 Å². The van der Waals surface area contributed by atoms with Crippen molar-refractivity contribution in [2.75, 3.05) is 13.1 Å². The van der Waals surface area contributed by atoms with Gasteiger partial charge in [-0.25, -0.2) is 9.78 Å². The number of carboxylic acids is 1. The van der Waals surface area contributed by atoms with E-state index in [-0.39, 0.29) is 18.4 Å². The van der Waals surface area contributed by atoms with Gasteiger partial charge in [0.15, 0.2) is 0 Å². The standard InChI is InChI=1S/C19H28N6O5/c1-11(18(28)25-7-3-5-15(25)19(29)30)23-17(27)14(8-12-9-20-10-22-12)24-16(26)13-4-2-6-21-13/h9-11,13-15,21H,2-8H2,1H3,(H,20,22)(H,23,27)(H,24,26)(H,29,30). The highest BCUT2D eigenvalue weighted by molar-refractivity contribution is 5.94. The van der Waals surface area contributed by atoms with Gasteiger partial charge in [-0.05, 0) is 39.2 Å². The van der Waals surface area contributed by atoms with Crippen LogP contribution >= 0.6 is 0 Å². The van der Waals surface area contributed by atoms with Gasteiger partial charge in [0.1, 0.15) is 18.1 Å². The summed E-state index contributed by atoms with van der Waals surface area (Å²) in [5, 5.41) is 17.8. The Morgan fingerprint density at radius 3 is 2.70 bits per heavy atom. The minimum atomic E-state index is -1.05. The normalized spacial score (nSPS) is 23.0. The van der Waals surface area contributed by atoms with Gasteiger partial charge in [-0.2, -0.15) is 0 Å². The van der Waals surface area contributed by atoms with E-state index < -0.39 is 35.9 Å². The molecule has 3 heterocycles. The van der Waals surface area contributed by atoms with Crippen LogP contribution in [0, 0.1) is 0 Å². The molecule has 0 aliphatic carbocycles. The van der Waals surface area contributed by atoms with Crippen molar-refractivity contribution in [2.24, 2.45) is 0 Å². The molecule has 3 rings (SSSR count). The first-order chi connectivity index (χ1) is 14.4. The Morgan fingerprint density at radius 1 is 1.27 bits per heavy atom. The van der Waals surface area contributed by atoms with Gasteiger partial charge >= 0.3 is 5.97 Å². The molecule has 2 saturated heterocycles. The van der Waals surface area contributed by atoms with Gasteiger partial charge in [-0.1, -0.05) is 0 Å². The van der Waals surface area contributed by atoms with Crippen molar-refractivity contribution in [1.29, 1.82) is 0 Å². The van der Waals surface area contributed by atoms with Crippen LogP contribution in [-0.4, -0.2) is 80.9 Å². The van der Waals surface area contributed by atoms with Crippen molar-refractivity contribution < 1.29 is 24.3 Å². The first-order valence-electron chi connectivity index (χ1n) is 10.2. The smallest absolute Gasteiger partial charge is 0.326 e. The van der Waals surface area contributed by atoms with Gasteiger partial charge in [0.2, 0.25) is 17.7 Å². The van der Waals surface area contributed by atoms with Crippen LogP contribution in [0.3, 0.4) is 0 Å². The lowest BCUT2D eigenvalue weighted by Crippen LogP contribution is -2.56. The van der Waals surface area contributed by atoms with Crippen LogP contribution in [-0.2, 0) is 25.6 Å². The highest BCUT2D eigenvalue weighted by Gasteiger charge is 2.37. The van der Waals surface area contributed by atoms with Crippen LogP contribution in [0.4, 0.5) is 0 Å². The second-order valence-electron chi connectivity index (χ2n) is 7.75. The lowest BCUT2D eigenvalue weighted by Gasteiger charge is -2.27. The van der Waals surface area contributed by atoms with E-state index in [1.165, 1.54) is 18.2 Å². The number of carbonyl (C=O) groups excluding carboxylic acids is 3. The molecule has 2 aliphatic rings. The molecule has 0 spiro atoms. The molecule has 3 amide bonds. The van der Waals surface area contributed by atoms with Crippen LogP contribution < -0.4 is 16.0 Å².